The van der Waals surface area contributed by atoms with E-state index in [1.807, 2.05) is 6.07 Å². The van der Waals surface area contributed by atoms with Crippen LogP contribution in [0.4, 0.5) is 0 Å². The quantitative estimate of drug-likeness (QED) is 0.852. The molecule has 2 aliphatic carbocycles. The van der Waals surface area contributed by atoms with Crippen molar-refractivity contribution in [2.45, 2.75) is 56.4 Å². The molecule has 1 N–H and O–H groups in total. The molecule has 1 aromatic rings. The van der Waals surface area contributed by atoms with Crippen LogP contribution < -0.4 is 0 Å². The van der Waals surface area contributed by atoms with Crippen LogP contribution in [0.1, 0.15) is 42.9 Å². The van der Waals surface area contributed by atoms with Crippen molar-refractivity contribution >= 4 is 0 Å². The summed E-state index contributed by atoms with van der Waals surface area (Å²) in [5.74, 6) is 0. The lowest BCUT2D eigenvalue weighted by molar-refractivity contribution is -0.116. The number of aliphatic hydroxyl groups excluding tert-OH is 1. The van der Waals surface area contributed by atoms with Gasteiger partial charge in [-0.3, -0.25) is 4.90 Å². The summed E-state index contributed by atoms with van der Waals surface area (Å²) in [6, 6.07) is 9.13. The van der Waals surface area contributed by atoms with Gasteiger partial charge < -0.3 is 9.84 Å². The maximum Gasteiger partial charge on any atom is 0.0951 e. The molecule has 108 valence electrons. The van der Waals surface area contributed by atoms with Gasteiger partial charge >= 0.3 is 0 Å². The highest BCUT2D eigenvalue weighted by molar-refractivity contribution is 5.36. The second kappa shape index (κ2) is 5.14. The number of ether oxygens (including phenoxy) is 1. The average Bonchev–Trinajstić information content (AvgIpc) is 2.84. The monoisotopic (exact) mass is 273 g/mol. The van der Waals surface area contributed by atoms with E-state index in [1.165, 1.54) is 31.2 Å². The summed E-state index contributed by atoms with van der Waals surface area (Å²) in [4.78, 5) is 2.55. The molecule has 1 aromatic carbocycles. The van der Waals surface area contributed by atoms with Crippen LogP contribution in [0.15, 0.2) is 24.3 Å². The minimum Gasteiger partial charge on any atom is -0.387 e. The van der Waals surface area contributed by atoms with Crippen LogP contribution >= 0.6 is 0 Å². The van der Waals surface area contributed by atoms with Gasteiger partial charge in [0.15, 0.2) is 0 Å². The van der Waals surface area contributed by atoms with Crippen molar-refractivity contribution in [1.29, 1.82) is 0 Å². The van der Waals surface area contributed by atoms with E-state index in [0.717, 1.165) is 25.1 Å². The fourth-order valence-electron chi connectivity index (χ4n) is 4.39. The number of fused-ring (bicyclic) bond motifs is 2. The number of benzene rings is 1. The third-order valence-electron chi connectivity index (χ3n) is 5.37. The molecule has 0 radical (unpaired) electrons. The van der Waals surface area contributed by atoms with Crippen molar-refractivity contribution < 1.29 is 9.84 Å². The number of hydrogen-bond acceptors (Lipinski definition) is 3. The van der Waals surface area contributed by atoms with Crippen molar-refractivity contribution in [3.63, 3.8) is 0 Å². The summed E-state index contributed by atoms with van der Waals surface area (Å²) < 4.78 is 5.96. The van der Waals surface area contributed by atoms with E-state index >= 15 is 0 Å². The van der Waals surface area contributed by atoms with Gasteiger partial charge in [0.25, 0.3) is 0 Å². The Kier molecular flexibility index (Phi) is 3.29. The summed E-state index contributed by atoms with van der Waals surface area (Å²) in [6.07, 6.45) is 6.07. The van der Waals surface area contributed by atoms with Gasteiger partial charge in [0, 0.05) is 18.6 Å². The highest BCUT2D eigenvalue weighted by Crippen LogP contribution is 2.38. The first-order valence-electron chi connectivity index (χ1n) is 7.98. The van der Waals surface area contributed by atoms with Gasteiger partial charge in [-0.25, -0.2) is 0 Å². The van der Waals surface area contributed by atoms with Gasteiger partial charge in [0.05, 0.1) is 18.8 Å². The first kappa shape index (κ1) is 12.8. The summed E-state index contributed by atoms with van der Waals surface area (Å²) in [5.41, 5.74) is 2.46. The smallest absolute Gasteiger partial charge is 0.0951 e. The Bertz CT molecular complexity index is 488. The average molecular weight is 273 g/mol. The zero-order valence-electron chi connectivity index (χ0n) is 11.9. The number of hydrogen-bond donors (Lipinski definition) is 1. The minimum atomic E-state index is -0.327. The molecule has 4 rings (SSSR count). The van der Waals surface area contributed by atoms with Gasteiger partial charge in [0.1, 0.15) is 0 Å². The molecular formula is C17H23NO2. The fraction of sp³-hybridized carbons (Fsp3) is 0.647. The standard InChI is InChI=1S/C17H23NO2/c19-17-13-6-2-1-5-12(13)11-15(17)18-9-10-20-16-8-4-3-7-14(16)18/h1-2,5-6,14-17,19H,3-4,7-11H2. The maximum atomic E-state index is 10.7. The molecule has 20 heavy (non-hydrogen) atoms. The second-order valence-corrected chi connectivity index (χ2v) is 6.41. The van der Waals surface area contributed by atoms with E-state index in [2.05, 4.69) is 23.1 Å². The molecule has 3 heteroatoms. The number of aliphatic hydroxyl groups is 1. The van der Waals surface area contributed by atoms with E-state index in [1.54, 1.807) is 0 Å². The van der Waals surface area contributed by atoms with Crippen LogP contribution in [0.25, 0.3) is 0 Å². The Balaban J connectivity index is 1.59. The molecule has 1 saturated carbocycles. The summed E-state index contributed by atoms with van der Waals surface area (Å²) in [7, 11) is 0. The van der Waals surface area contributed by atoms with Crippen molar-refractivity contribution in [2.24, 2.45) is 0 Å². The molecule has 2 fully saturated rings. The summed E-state index contributed by atoms with van der Waals surface area (Å²) in [5, 5.41) is 10.7. The lowest BCUT2D eigenvalue weighted by Crippen LogP contribution is -2.57. The van der Waals surface area contributed by atoms with Gasteiger partial charge in [-0.2, -0.15) is 0 Å². The largest absolute Gasteiger partial charge is 0.387 e. The van der Waals surface area contributed by atoms with Crippen molar-refractivity contribution in [3.05, 3.63) is 35.4 Å². The molecule has 0 bridgehead atoms. The molecule has 0 spiro atoms. The third kappa shape index (κ3) is 2.00. The topological polar surface area (TPSA) is 32.7 Å². The van der Waals surface area contributed by atoms with Gasteiger partial charge in [-0.05, 0) is 30.4 Å². The highest BCUT2D eigenvalue weighted by Gasteiger charge is 2.42. The minimum absolute atomic E-state index is 0.252. The van der Waals surface area contributed by atoms with Gasteiger partial charge in [0.2, 0.25) is 0 Å². The number of rotatable bonds is 1. The van der Waals surface area contributed by atoms with Crippen molar-refractivity contribution in [2.75, 3.05) is 13.2 Å². The Labute approximate surface area is 120 Å². The van der Waals surface area contributed by atoms with E-state index in [9.17, 15) is 5.11 Å². The molecule has 4 atom stereocenters. The normalized spacial score (nSPS) is 37.5. The van der Waals surface area contributed by atoms with Crippen LogP contribution in [0.2, 0.25) is 0 Å². The molecule has 1 heterocycles. The van der Waals surface area contributed by atoms with Crippen molar-refractivity contribution in [1.82, 2.24) is 4.90 Å². The lowest BCUT2D eigenvalue weighted by atomic mass is 9.88. The number of morpholine rings is 1. The Morgan fingerprint density at radius 1 is 1.10 bits per heavy atom. The van der Waals surface area contributed by atoms with Gasteiger partial charge in [-0.1, -0.05) is 37.1 Å². The molecule has 1 aliphatic heterocycles. The molecule has 0 amide bonds. The molecule has 3 nitrogen and oxygen atoms in total. The van der Waals surface area contributed by atoms with E-state index in [4.69, 9.17) is 4.74 Å². The predicted molar refractivity (Wildman–Crippen MR) is 77.6 cm³/mol. The SMILES string of the molecule is OC1c2ccccc2CC1N1CCOC2CCCCC21. The molecular weight excluding hydrogens is 250 g/mol. The Morgan fingerprint density at radius 3 is 2.85 bits per heavy atom. The first-order chi connectivity index (χ1) is 9.84. The van der Waals surface area contributed by atoms with Crippen LogP contribution in [-0.2, 0) is 11.2 Å². The van der Waals surface area contributed by atoms with Crippen molar-refractivity contribution in [3.8, 4) is 0 Å². The number of nitrogens with zero attached hydrogens (tertiary/aromatic N) is 1. The Morgan fingerprint density at radius 2 is 1.95 bits per heavy atom. The zero-order valence-corrected chi connectivity index (χ0v) is 11.9. The Hall–Kier alpha value is -0.900. The molecule has 3 aliphatic rings. The zero-order chi connectivity index (χ0) is 13.5. The molecule has 1 saturated heterocycles. The van der Waals surface area contributed by atoms with Crippen LogP contribution in [0.5, 0.6) is 0 Å². The maximum absolute atomic E-state index is 10.7. The summed E-state index contributed by atoms with van der Waals surface area (Å²) in [6.45, 7) is 1.79. The molecule has 0 aromatic heterocycles. The predicted octanol–water partition coefficient (Wildman–Crippen LogP) is 2.29. The first-order valence-corrected chi connectivity index (χ1v) is 7.98. The van der Waals surface area contributed by atoms with Gasteiger partial charge in [-0.15, -0.1) is 0 Å². The second-order valence-electron chi connectivity index (χ2n) is 6.41. The van der Waals surface area contributed by atoms with E-state index < -0.39 is 0 Å². The van der Waals surface area contributed by atoms with Crippen LogP contribution in [0, 0.1) is 0 Å². The fourth-order valence-corrected chi connectivity index (χ4v) is 4.39. The van der Waals surface area contributed by atoms with Crippen LogP contribution in [0.3, 0.4) is 0 Å². The van der Waals surface area contributed by atoms with Crippen LogP contribution in [-0.4, -0.2) is 41.3 Å². The third-order valence-corrected chi connectivity index (χ3v) is 5.37. The lowest BCUT2D eigenvalue weighted by Gasteiger charge is -2.47. The van der Waals surface area contributed by atoms with E-state index in [0.29, 0.717) is 12.1 Å². The van der Waals surface area contributed by atoms with E-state index in [-0.39, 0.29) is 12.1 Å². The molecule has 4 unspecified atom stereocenters. The summed E-state index contributed by atoms with van der Waals surface area (Å²) >= 11 is 0. The highest BCUT2D eigenvalue weighted by atomic mass is 16.5.